The summed E-state index contributed by atoms with van der Waals surface area (Å²) in [5, 5.41) is 10.00. The van der Waals surface area contributed by atoms with Crippen molar-refractivity contribution in [1.29, 1.82) is 5.26 Å². The van der Waals surface area contributed by atoms with Crippen LogP contribution in [0.3, 0.4) is 0 Å². The summed E-state index contributed by atoms with van der Waals surface area (Å²) in [6.45, 7) is 6.46. The molecule has 1 aliphatic rings. The predicted molar refractivity (Wildman–Crippen MR) is 128 cm³/mol. The SMILES string of the molecule is Cn1c(-c2cncc(-c3ccnc(C#N)c3)c2N2CCC(C)(C)C2)nc2c(Cl)cccc21. The summed E-state index contributed by atoms with van der Waals surface area (Å²) in [6.07, 6.45) is 6.53. The maximum Gasteiger partial charge on any atom is 0.144 e. The first-order valence-corrected chi connectivity index (χ1v) is 11.0. The van der Waals surface area contributed by atoms with Crippen LogP contribution < -0.4 is 4.90 Å². The van der Waals surface area contributed by atoms with Crippen molar-refractivity contribution in [3.8, 4) is 28.6 Å². The number of anilines is 1. The fourth-order valence-corrected chi connectivity index (χ4v) is 4.76. The van der Waals surface area contributed by atoms with Crippen LogP contribution in [-0.4, -0.2) is 32.6 Å². The molecule has 0 amide bonds. The number of nitriles is 1. The van der Waals surface area contributed by atoms with Crippen LogP contribution in [0.25, 0.3) is 33.5 Å². The van der Waals surface area contributed by atoms with E-state index in [1.54, 1.807) is 6.20 Å². The molecular formula is C25H23ClN6. The number of hydrogen-bond acceptors (Lipinski definition) is 5. The van der Waals surface area contributed by atoms with Gasteiger partial charge in [0.15, 0.2) is 0 Å². The monoisotopic (exact) mass is 442 g/mol. The highest BCUT2D eigenvalue weighted by molar-refractivity contribution is 6.35. The van der Waals surface area contributed by atoms with E-state index < -0.39 is 0 Å². The average Bonchev–Trinajstić information content (AvgIpc) is 3.33. The molecule has 0 radical (unpaired) electrons. The molecule has 0 bridgehead atoms. The Hall–Kier alpha value is -3.43. The van der Waals surface area contributed by atoms with Crippen LogP contribution in [0.5, 0.6) is 0 Å². The third-order valence-electron chi connectivity index (χ3n) is 6.20. The fraction of sp³-hybridized carbons (Fsp3) is 0.280. The van der Waals surface area contributed by atoms with Crippen molar-refractivity contribution >= 4 is 28.3 Å². The van der Waals surface area contributed by atoms with Crippen molar-refractivity contribution in [3.63, 3.8) is 0 Å². The summed E-state index contributed by atoms with van der Waals surface area (Å²) in [4.78, 5) is 16.1. The van der Waals surface area contributed by atoms with Gasteiger partial charge in [-0.15, -0.1) is 0 Å². The molecule has 7 heteroatoms. The molecule has 1 saturated heterocycles. The first-order chi connectivity index (χ1) is 15.4. The van der Waals surface area contributed by atoms with Gasteiger partial charge in [-0.1, -0.05) is 31.5 Å². The maximum atomic E-state index is 9.37. The van der Waals surface area contributed by atoms with E-state index in [1.807, 2.05) is 49.8 Å². The summed E-state index contributed by atoms with van der Waals surface area (Å²) < 4.78 is 2.07. The molecule has 4 aromatic rings. The van der Waals surface area contributed by atoms with Crippen LogP contribution in [-0.2, 0) is 7.05 Å². The van der Waals surface area contributed by atoms with Crippen LogP contribution in [0.15, 0.2) is 48.9 Å². The normalized spacial score (nSPS) is 15.3. The number of rotatable bonds is 3. The summed E-state index contributed by atoms with van der Waals surface area (Å²) in [7, 11) is 2.01. The minimum absolute atomic E-state index is 0.212. The molecule has 0 saturated carbocycles. The lowest BCUT2D eigenvalue weighted by Crippen LogP contribution is -2.24. The molecule has 5 rings (SSSR count). The third-order valence-corrected chi connectivity index (χ3v) is 6.50. The molecule has 160 valence electrons. The molecule has 3 aromatic heterocycles. The number of benzene rings is 1. The number of aromatic nitrogens is 4. The Balaban J connectivity index is 1.78. The molecule has 32 heavy (non-hydrogen) atoms. The zero-order chi connectivity index (χ0) is 22.5. The van der Waals surface area contributed by atoms with E-state index in [0.29, 0.717) is 10.7 Å². The van der Waals surface area contributed by atoms with Gasteiger partial charge in [-0.3, -0.25) is 4.98 Å². The van der Waals surface area contributed by atoms with E-state index in [9.17, 15) is 5.26 Å². The highest BCUT2D eigenvalue weighted by atomic mass is 35.5. The molecule has 6 nitrogen and oxygen atoms in total. The molecule has 0 atom stereocenters. The lowest BCUT2D eigenvalue weighted by Gasteiger charge is -2.26. The standard InChI is InChI=1S/C25H23ClN6/c1-25(2)8-10-32(15-25)23-18(16-7-9-29-17(11-16)12-27)13-28-14-19(23)24-30-22-20(26)5-4-6-21(22)31(24)3/h4-7,9,11,13-14H,8,10,15H2,1-3H3. The van der Waals surface area contributed by atoms with E-state index in [2.05, 4.69) is 39.4 Å². The van der Waals surface area contributed by atoms with Crippen LogP contribution in [0.2, 0.25) is 5.02 Å². The second-order valence-corrected chi connectivity index (χ2v) is 9.47. The molecule has 1 aromatic carbocycles. The van der Waals surface area contributed by atoms with Crippen molar-refractivity contribution in [2.75, 3.05) is 18.0 Å². The van der Waals surface area contributed by atoms with E-state index in [-0.39, 0.29) is 5.41 Å². The van der Waals surface area contributed by atoms with Crippen LogP contribution >= 0.6 is 11.6 Å². The molecule has 4 heterocycles. The second kappa shape index (κ2) is 7.61. The number of halogens is 1. The van der Waals surface area contributed by atoms with Gasteiger partial charge in [0, 0.05) is 44.3 Å². The first-order valence-electron chi connectivity index (χ1n) is 10.6. The van der Waals surface area contributed by atoms with Crippen LogP contribution in [0, 0.1) is 16.7 Å². The summed E-state index contributed by atoms with van der Waals surface area (Å²) in [5.74, 6) is 0.816. The summed E-state index contributed by atoms with van der Waals surface area (Å²) in [6, 6.07) is 11.7. The van der Waals surface area contributed by atoms with Gasteiger partial charge in [-0.25, -0.2) is 9.97 Å². The largest absolute Gasteiger partial charge is 0.370 e. The topological polar surface area (TPSA) is 70.6 Å². The van der Waals surface area contributed by atoms with Crippen molar-refractivity contribution in [1.82, 2.24) is 19.5 Å². The quantitative estimate of drug-likeness (QED) is 0.421. The molecule has 1 fully saturated rings. The van der Waals surface area contributed by atoms with Gasteiger partial charge in [0.2, 0.25) is 0 Å². The van der Waals surface area contributed by atoms with Crippen molar-refractivity contribution in [2.45, 2.75) is 20.3 Å². The van der Waals surface area contributed by atoms with E-state index in [0.717, 1.165) is 58.7 Å². The number of hydrogen-bond donors (Lipinski definition) is 0. The Morgan fingerprint density at radius 1 is 1.16 bits per heavy atom. The Kier molecular flexibility index (Phi) is 4.87. The number of para-hydroxylation sites is 1. The Bertz CT molecular complexity index is 1380. The van der Waals surface area contributed by atoms with Crippen molar-refractivity contribution in [3.05, 3.63) is 59.6 Å². The molecular weight excluding hydrogens is 420 g/mol. The van der Waals surface area contributed by atoms with Crippen LogP contribution in [0.1, 0.15) is 26.0 Å². The lowest BCUT2D eigenvalue weighted by molar-refractivity contribution is 0.418. The molecule has 0 N–H and O–H groups in total. The van der Waals surface area contributed by atoms with E-state index in [1.165, 1.54) is 0 Å². The number of imidazole rings is 1. The number of fused-ring (bicyclic) bond motifs is 1. The third kappa shape index (κ3) is 3.39. The van der Waals surface area contributed by atoms with Gasteiger partial charge in [0.05, 0.1) is 21.8 Å². The van der Waals surface area contributed by atoms with Gasteiger partial charge >= 0.3 is 0 Å². The molecule has 1 aliphatic heterocycles. The first kappa shape index (κ1) is 20.5. The summed E-state index contributed by atoms with van der Waals surface area (Å²) >= 11 is 6.46. The van der Waals surface area contributed by atoms with Gasteiger partial charge in [-0.05, 0) is 41.7 Å². The molecule has 0 aliphatic carbocycles. The van der Waals surface area contributed by atoms with E-state index >= 15 is 0 Å². The molecule has 0 unspecified atom stereocenters. The van der Waals surface area contributed by atoms with Gasteiger partial charge in [0.1, 0.15) is 23.1 Å². The van der Waals surface area contributed by atoms with Gasteiger partial charge < -0.3 is 9.47 Å². The fourth-order valence-electron chi connectivity index (χ4n) is 4.55. The van der Waals surface area contributed by atoms with E-state index in [4.69, 9.17) is 16.6 Å². The van der Waals surface area contributed by atoms with Gasteiger partial charge in [0.25, 0.3) is 0 Å². The Labute approximate surface area is 192 Å². The number of nitrogens with zero attached hydrogens (tertiary/aromatic N) is 6. The maximum absolute atomic E-state index is 9.37. The smallest absolute Gasteiger partial charge is 0.144 e. The van der Waals surface area contributed by atoms with Gasteiger partial charge in [-0.2, -0.15) is 5.26 Å². The minimum atomic E-state index is 0.212. The lowest BCUT2D eigenvalue weighted by atomic mass is 9.93. The minimum Gasteiger partial charge on any atom is -0.370 e. The number of aryl methyl sites for hydroxylation is 1. The zero-order valence-electron chi connectivity index (χ0n) is 18.3. The second-order valence-electron chi connectivity index (χ2n) is 9.06. The Morgan fingerprint density at radius 3 is 2.69 bits per heavy atom. The zero-order valence-corrected chi connectivity index (χ0v) is 19.1. The van der Waals surface area contributed by atoms with Crippen molar-refractivity contribution in [2.24, 2.45) is 12.5 Å². The number of pyridine rings is 2. The summed E-state index contributed by atoms with van der Waals surface area (Å²) in [5.41, 5.74) is 6.26. The predicted octanol–water partition coefficient (Wildman–Crippen LogP) is 5.46. The van der Waals surface area contributed by atoms with Crippen LogP contribution in [0.4, 0.5) is 5.69 Å². The highest BCUT2D eigenvalue weighted by Crippen LogP contribution is 2.43. The van der Waals surface area contributed by atoms with Crippen molar-refractivity contribution < 1.29 is 0 Å². The average molecular weight is 443 g/mol. The Morgan fingerprint density at radius 2 is 1.97 bits per heavy atom. The highest BCUT2D eigenvalue weighted by Gasteiger charge is 2.33. The molecule has 0 spiro atoms.